The molecular weight excluding hydrogens is 328 g/mol. The lowest BCUT2D eigenvalue weighted by Gasteiger charge is -1.91. The molecule has 0 bridgehead atoms. The lowest BCUT2D eigenvalue weighted by Crippen LogP contribution is -1.73. The number of pyridine rings is 1. The highest BCUT2D eigenvalue weighted by atomic mass is 32.1. The zero-order valence-corrected chi connectivity index (χ0v) is 15.2. The van der Waals surface area contributed by atoms with E-state index in [4.69, 9.17) is 0 Å². The Morgan fingerprint density at radius 2 is 1.68 bits per heavy atom. The first-order valence-corrected chi connectivity index (χ1v) is 9.15. The molecule has 0 N–H and O–H groups in total. The average molecular weight is 350 g/mol. The van der Waals surface area contributed by atoms with Crippen molar-refractivity contribution < 1.29 is 4.79 Å². The van der Waals surface area contributed by atoms with Crippen LogP contribution in [0.5, 0.6) is 0 Å². The fourth-order valence-electron chi connectivity index (χ4n) is 2.11. The maximum atomic E-state index is 9.56. The third-order valence-corrected chi connectivity index (χ3v) is 4.23. The van der Waals surface area contributed by atoms with Crippen LogP contribution in [0, 0.1) is 0 Å². The van der Waals surface area contributed by atoms with Crippen LogP contribution in [0.4, 0.5) is 0 Å². The van der Waals surface area contributed by atoms with E-state index in [2.05, 4.69) is 40.5 Å². The first-order valence-electron chi connectivity index (χ1n) is 8.38. The molecule has 2 heterocycles. The topological polar surface area (TPSA) is 42.9 Å². The minimum atomic E-state index is 0.733. The van der Waals surface area contributed by atoms with Crippen molar-refractivity contribution in [3.8, 4) is 0 Å². The third-order valence-electron chi connectivity index (χ3n) is 3.45. The number of carbonyl (C=O) groups excluding carboxylic acids is 1. The molecule has 0 atom stereocenters. The van der Waals surface area contributed by atoms with E-state index in [1.54, 1.807) is 0 Å². The highest BCUT2D eigenvalue weighted by Gasteiger charge is 1.89. The van der Waals surface area contributed by atoms with Gasteiger partial charge in [-0.1, -0.05) is 55.8 Å². The Morgan fingerprint density at radius 1 is 0.960 bits per heavy atom. The van der Waals surface area contributed by atoms with Crippen molar-refractivity contribution in [2.75, 3.05) is 0 Å². The molecule has 128 valence electrons. The summed E-state index contributed by atoms with van der Waals surface area (Å²) in [4.78, 5) is 13.7. The monoisotopic (exact) mass is 350 g/mol. The summed E-state index contributed by atoms with van der Waals surface area (Å²) in [6.45, 7) is 2.07. The first-order chi connectivity index (χ1) is 12.3. The van der Waals surface area contributed by atoms with Crippen LogP contribution in [0.15, 0.2) is 73.1 Å². The Balaban J connectivity index is 0.000000141. The molecule has 0 saturated heterocycles. The number of benzene rings is 2. The number of aldehydes is 1. The average Bonchev–Trinajstić information content (AvgIpc) is 3.16. The highest BCUT2D eigenvalue weighted by Crippen LogP contribution is 2.15. The minimum Gasteiger partial charge on any atom is -0.303 e. The van der Waals surface area contributed by atoms with Gasteiger partial charge in [0.25, 0.3) is 0 Å². The standard InChI is InChI=1S/C9H7N.C7H5NS.C5H10O/c1-2-6-9-8(4-1)5-3-7-10-9;1-2-4-7-6(3-1)5-8-9-7;1-2-3-4-5-6/h1-7H;1-5H;5H,2-4H2,1H3. The number of hydrogen-bond donors (Lipinski definition) is 0. The summed E-state index contributed by atoms with van der Waals surface area (Å²) in [5.41, 5.74) is 1.06. The minimum absolute atomic E-state index is 0.733. The fraction of sp³-hybridized carbons (Fsp3) is 0.190. The van der Waals surface area contributed by atoms with Gasteiger partial charge in [-0.05, 0) is 36.2 Å². The smallest absolute Gasteiger partial charge is 0.119 e. The Morgan fingerprint density at radius 3 is 2.36 bits per heavy atom. The van der Waals surface area contributed by atoms with E-state index in [1.165, 1.54) is 27.0 Å². The number of para-hydroxylation sites is 1. The number of hydrogen-bond acceptors (Lipinski definition) is 4. The SMILES string of the molecule is CCCCC=O.c1ccc2ncccc2c1.c1ccc2sncc2c1. The third kappa shape index (κ3) is 6.43. The summed E-state index contributed by atoms with van der Waals surface area (Å²) in [6, 6.07) is 20.3. The number of nitrogens with zero attached hydrogens (tertiary/aromatic N) is 2. The molecule has 2 aromatic carbocycles. The number of aromatic nitrogens is 2. The quantitative estimate of drug-likeness (QED) is 0.341. The van der Waals surface area contributed by atoms with E-state index in [0.29, 0.717) is 0 Å². The van der Waals surface area contributed by atoms with Crippen LogP contribution in [0.3, 0.4) is 0 Å². The van der Waals surface area contributed by atoms with E-state index in [0.717, 1.165) is 31.1 Å². The van der Waals surface area contributed by atoms with Gasteiger partial charge >= 0.3 is 0 Å². The summed E-state index contributed by atoms with van der Waals surface area (Å²) in [6.07, 6.45) is 7.56. The van der Waals surface area contributed by atoms with Crippen LogP contribution >= 0.6 is 11.5 Å². The molecule has 4 rings (SSSR count). The second-order valence-corrected chi connectivity index (χ2v) is 6.20. The Kier molecular flexibility index (Phi) is 8.29. The van der Waals surface area contributed by atoms with Crippen molar-refractivity contribution in [3.63, 3.8) is 0 Å². The molecule has 0 amide bonds. The van der Waals surface area contributed by atoms with Gasteiger partial charge in [0.2, 0.25) is 0 Å². The molecular formula is C21H22N2OS. The summed E-state index contributed by atoms with van der Waals surface area (Å²) in [5.74, 6) is 0. The Labute approximate surface area is 152 Å². The summed E-state index contributed by atoms with van der Waals surface area (Å²) < 4.78 is 5.30. The Hall–Kier alpha value is -2.59. The van der Waals surface area contributed by atoms with Crippen molar-refractivity contribution in [1.82, 2.24) is 9.36 Å². The summed E-state index contributed by atoms with van der Waals surface area (Å²) in [5, 5.41) is 2.44. The van der Waals surface area contributed by atoms with E-state index < -0.39 is 0 Å². The van der Waals surface area contributed by atoms with Gasteiger partial charge < -0.3 is 4.79 Å². The number of fused-ring (bicyclic) bond motifs is 2. The van der Waals surface area contributed by atoms with E-state index in [1.807, 2.05) is 48.8 Å². The van der Waals surface area contributed by atoms with Gasteiger partial charge in [0.1, 0.15) is 6.29 Å². The highest BCUT2D eigenvalue weighted by molar-refractivity contribution is 7.13. The van der Waals surface area contributed by atoms with Crippen molar-refractivity contribution in [2.45, 2.75) is 26.2 Å². The van der Waals surface area contributed by atoms with Gasteiger partial charge in [0.15, 0.2) is 0 Å². The largest absolute Gasteiger partial charge is 0.303 e. The summed E-state index contributed by atoms with van der Waals surface area (Å²) in [7, 11) is 0. The molecule has 25 heavy (non-hydrogen) atoms. The second kappa shape index (κ2) is 11.0. The lowest BCUT2D eigenvalue weighted by molar-refractivity contribution is -0.107. The molecule has 4 aromatic rings. The van der Waals surface area contributed by atoms with Crippen molar-refractivity contribution in [2.24, 2.45) is 0 Å². The van der Waals surface area contributed by atoms with Gasteiger partial charge in [-0.3, -0.25) is 4.98 Å². The van der Waals surface area contributed by atoms with Crippen LogP contribution in [0.25, 0.3) is 21.0 Å². The van der Waals surface area contributed by atoms with Gasteiger partial charge in [0.05, 0.1) is 10.2 Å². The molecule has 0 spiro atoms. The molecule has 0 radical (unpaired) electrons. The van der Waals surface area contributed by atoms with Crippen LogP contribution < -0.4 is 0 Å². The molecule has 4 heteroatoms. The lowest BCUT2D eigenvalue weighted by atomic mass is 10.2. The molecule has 0 aliphatic carbocycles. The van der Waals surface area contributed by atoms with Crippen LogP contribution in [0.2, 0.25) is 0 Å². The summed E-state index contributed by atoms with van der Waals surface area (Å²) >= 11 is 1.54. The molecule has 0 aliphatic rings. The number of carbonyl (C=O) groups is 1. The normalized spacial score (nSPS) is 9.64. The van der Waals surface area contributed by atoms with Crippen molar-refractivity contribution in [1.29, 1.82) is 0 Å². The second-order valence-electron chi connectivity index (χ2n) is 5.37. The number of rotatable bonds is 3. The van der Waals surface area contributed by atoms with Gasteiger partial charge in [0, 0.05) is 29.6 Å². The maximum absolute atomic E-state index is 9.56. The molecule has 2 aromatic heterocycles. The molecule has 0 aliphatic heterocycles. The molecule has 0 saturated carbocycles. The van der Waals surface area contributed by atoms with E-state index >= 15 is 0 Å². The van der Waals surface area contributed by atoms with Crippen LogP contribution in [-0.4, -0.2) is 15.6 Å². The number of unbranched alkanes of at least 4 members (excludes halogenated alkanes) is 2. The Bertz CT molecular complexity index is 793. The molecule has 0 unspecified atom stereocenters. The predicted molar refractivity (Wildman–Crippen MR) is 107 cm³/mol. The van der Waals surface area contributed by atoms with E-state index in [-0.39, 0.29) is 0 Å². The molecule has 3 nitrogen and oxygen atoms in total. The van der Waals surface area contributed by atoms with Crippen LogP contribution in [-0.2, 0) is 4.79 Å². The van der Waals surface area contributed by atoms with Gasteiger partial charge in [-0.25, -0.2) is 0 Å². The zero-order chi connectivity index (χ0) is 17.7. The maximum Gasteiger partial charge on any atom is 0.119 e. The van der Waals surface area contributed by atoms with Gasteiger partial charge in [-0.2, -0.15) is 4.37 Å². The van der Waals surface area contributed by atoms with E-state index in [9.17, 15) is 4.79 Å². The van der Waals surface area contributed by atoms with Crippen molar-refractivity contribution in [3.05, 3.63) is 73.1 Å². The fourth-order valence-corrected chi connectivity index (χ4v) is 2.76. The predicted octanol–water partition coefficient (Wildman–Crippen LogP) is 5.91. The zero-order valence-electron chi connectivity index (χ0n) is 14.3. The van der Waals surface area contributed by atoms with Crippen LogP contribution in [0.1, 0.15) is 26.2 Å². The first kappa shape index (κ1) is 18.7. The van der Waals surface area contributed by atoms with Gasteiger partial charge in [-0.15, -0.1) is 0 Å². The molecule has 0 fully saturated rings. The van der Waals surface area contributed by atoms with Crippen molar-refractivity contribution >= 4 is 38.8 Å².